The Morgan fingerprint density at radius 3 is 2.45 bits per heavy atom. The number of hydrogen-bond donors (Lipinski definition) is 0. The highest BCUT2D eigenvalue weighted by Crippen LogP contribution is 2.16. The number of hydrogen-bond acceptors (Lipinski definition) is 3. The molecule has 0 aliphatic heterocycles. The lowest BCUT2D eigenvalue weighted by molar-refractivity contribution is 0.650. The Balaban J connectivity index is 1.81. The van der Waals surface area contributed by atoms with Crippen LogP contribution in [0.2, 0.25) is 0 Å². The van der Waals surface area contributed by atoms with Gasteiger partial charge in [-0.2, -0.15) is 5.26 Å². The third-order valence-electron chi connectivity index (χ3n) is 3.04. The average molecular weight is 260 g/mol. The molecule has 1 heterocycles. The predicted molar refractivity (Wildman–Crippen MR) is 75.7 cm³/mol. The smallest absolute Gasteiger partial charge is 0.113 e. The molecular weight excluding hydrogens is 248 g/mol. The van der Waals surface area contributed by atoms with Crippen molar-refractivity contribution in [2.24, 2.45) is 0 Å². The van der Waals surface area contributed by atoms with E-state index in [1.54, 1.807) is 12.1 Å². The van der Waals surface area contributed by atoms with E-state index >= 15 is 0 Å². The van der Waals surface area contributed by atoms with Gasteiger partial charge in [0.25, 0.3) is 0 Å². The molecule has 0 saturated carbocycles. The molecule has 0 amide bonds. The lowest BCUT2D eigenvalue weighted by Crippen LogP contribution is -1.99. The van der Waals surface area contributed by atoms with Crippen LogP contribution in [0.4, 0.5) is 0 Å². The molecule has 4 heteroatoms. The third kappa shape index (κ3) is 2.57. The molecule has 3 rings (SSSR count). The summed E-state index contributed by atoms with van der Waals surface area (Å²) in [6.07, 6.45) is 1.91. The van der Waals surface area contributed by atoms with E-state index in [2.05, 4.69) is 28.5 Å². The zero-order chi connectivity index (χ0) is 13.8. The van der Waals surface area contributed by atoms with Crippen molar-refractivity contribution in [1.29, 1.82) is 5.26 Å². The van der Waals surface area contributed by atoms with Gasteiger partial charge in [-0.05, 0) is 17.7 Å². The van der Waals surface area contributed by atoms with Crippen LogP contribution in [0.5, 0.6) is 0 Å². The fraction of sp³-hybridized carbons (Fsp3) is 0.0625. The summed E-state index contributed by atoms with van der Waals surface area (Å²) < 4.78 is 1.81. The zero-order valence-electron chi connectivity index (χ0n) is 10.8. The third-order valence-corrected chi connectivity index (χ3v) is 3.04. The van der Waals surface area contributed by atoms with Crippen molar-refractivity contribution in [3.63, 3.8) is 0 Å². The van der Waals surface area contributed by atoms with Crippen molar-refractivity contribution < 1.29 is 0 Å². The topological polar surface area (TPSA) is 54.5 Å². The van der Waals surface area contributed by atoms with Gasteiger partial charge in [-0.25, -0.2) is 4.68 Å². The van der Waals surface area contributed by atoms with E-state index in [1.165, 1.54) is 5.56 Å². The van der Waals surface area contributed by atoms with Gasteiger partial charge in [0.15, 0.2) is 0 Å². The van der Waals surface area contributed by atoms with Crippen molar-refractivity contribution in [1.82, 2.24) is 15.0 Å². The molecule has 0 bridgehead atoms. The summed E-state index contributed by atoms with van der Waals surface area (Å²) in [5.74, 6) is 0. The molecule has 0 spiro atoms. The first kappa shape index (κ1) is 12.1. The number of benzene rings is 2. The number of nitrogens with zero attached hydrogens (tertiary/aromatic N) is 4. The Morgan fingerprint density at radius 2 is 1.75 bits per heavy atom. The van der Waals surface area contributed by atoms with Crippen LogP contribution in [-0.4, -0.2) is 15.0 Å². The second-order valence-corrected chi connectivity index (χ2v) is 4.48. The maximum Gasteiger partial charge on any atom is 0.113 e. The van der Waals surface area contributed by atoms with Crippen LogP contribution in [-0.2, 0) is 6.54 Å². The molecule has 96 valence electrons. The molecule has 4 nitrogen and oxygen atoms in total. The standard InChI is InChI=1S/C16H12N4/c17-10-13-6-8-15(9-7-13)16-12-20(19-18-16)11-14-4-2-1-3-5-14/h1-9,12H,11H2. The van der Waals surface area contributed by atoms with E-state index in [1.807, 2.05) is 41.2 Å². The predicted octanol–water partition coefficient (Wildman–Crippen LogP) is 2.87. The van der Waals surface area contributed by atoms with E-state index in [0.717, 1.165) is 11.3 Å². The fourth-order valence-electron chi connectivity index (χ4n) is 1.99. The van der Waals surface area contributed by atoms with Gasteiger partial charge in [0.05, 0.1) is 24.4 Å². The van der Waals surface area contributed by atoms with Crippen molar-refractivity contribution in [2.45, 2.75) is 6.54 Å². The highest BCUT2D eigenvalue weighted by atomic mass is 15.4. The molecule has 0 radical (unpaired) electrons. The van der Waals surface area contributed by atoms with Crippen LogP contribution >= 0.6 is 0 Å². The Morgan fingerprint density at radius 1 is 1.00 bits per heavy atom. The Labute approximate surface area is 116 Å². The minimum atomic E-state index is 0.644. The van der Waals surface area contributed by atoms with Crippen molar-refractivity contribution >= 4 is 0 Å². The maximum absolute atomic E-state index is 8.79. The second kappa shape index (κ2) is 5.37. The van der Waals surface area contributed by atoms with E-state index in [4.69, 9.17) is 5.26 Å². The zero-order valence-corrected chi connectivity index (χ0v) is 10.8. The highest BCUT2D eigenvalue weighted by molar-refractivity contribution is 5.58. The van der Waals surface area contributed by atoms with Crippen LogP contribution in [0.15, 0.2) is 60.8 Å². The molecule has 20 heavy (non-hydrogen) atoms. The van der Waals surface area contributed by atoms with Crippen molar-refractivity contribution in [3.8, 4) is 17.3 Å². The molecule has 3 aromatic rings. The lowest BCUT2D eigenvalue weighted by atomic mass is 10.1. The number of nitriles is 1. The van der Waals surface area contributed by atoms with Crippen LogP contribution in [0.1, 0.15) is 11.1 Å². The minimum absolute atomic E-state index is 0.644. The Hall–Kier alpha value is -2.93. The normalized spacial score (nSPS) is 10.2. The first-order chi connectivity index (χ1) is 9.85. The minimum Gasteiger partial charge on any atom is -0.247 e. The summed E-state index contributed by atoms with van der Waals surface area (Å²) in [6.45, 7) is 0.699. The summed E-state index contributed by atoms with van der Waals surface area (Å²) >= 11 is 0. The van der Waals surface area contributed by atoms with Crippen LogP contribution < -0.4 is 0 Å². The molecule has 0 fully saturated rings. The molecule has 0 aliphatic carbocycles. The van der Waals surface area contributed by atoms with Gasteiger partial charge >= 0.3 is 0 Å². The quantitative estimate of drug-likeness (QED) is 0.727. The van der Waals surface area contributed by atoms with Gasteiger partial charge < -0.3 is 0 Å². The van der Waals surface area contributed by atoms with Gasteiger partial charge in [-0.1, -0.05) is 47.7 Å². The summed E-state index contributed by atoms with van der Waals surface area (Å²) in [5, 5.41) is 17.1. The number of rotatable bonds is 3. The molecule has 0 aliphatic rings. The summed E-state index contributed by atoms with van der Waals surface area (Å²) in [4.78, 5) is 0. The summed E-state index contributed by atoms with van der Waals surface area (Å²) in [6, 6.07) is 19.6. The molecule has 0 unspecified atom stereocenters. The average Bonchev–Trinajstić information content (AvgIpc) is 2.97. The fourth-order valence-corrected chi connectivity index (χ4v) is 1.99. The van der Waals surface area contributed by atoms with E-state index in [-0.39, 0.29) is 0 Å². The largest absolute Gasteiger partial charge is 0.247 e. The Bertz CT molecular complexity index is 736. The van der Waals surface area contributed by atoms with Gasteiger partial charge in [-0.3, -0.25) is 0 Å². The maximum atomic E-state index is 8.79. The van der Waals surface area contributed by atoms with Gasteiger partial charge in [0.2, 0.25) is 0 Å². The van der Waals surface area contributed by atoms with Crippen LogP contribution in [0, 0.1) is 11.3 Å². The van der Waals surface area contributed by atoms with Gasteiger partial charge in [0.1, 0.15) is 5.69 Å². The van der Waals surface area contributed by atoms with E-state index in [9.17, 15) is 0 Å². The first-order valence-electron chi connectivity index (χ1n) is 6.30. The van der Waals surface area contributed by atoms with E-state index in [0.29, 0.717) is 12.1 Å². The lowest BCUT2D eigenvalue weighted by Gasteiger charge is -1.99. The van der Waals surface area contributed by atoms with Crippen LogP contribution in [0.3, 0.4) is 0 Å². The molecule has 1 aromatic heterocycles. The summed E-state index contributed by atoms with van der Waals surface area (Å²) in [7, 11) is 0. The monoisotopic (exact) mass is 260 g/mol. The molecule has 0 N–H and O–H groups in total. The van der Waals surface area contributed by atoms with Gasteiger partial charge in [0, 0.05) is 5.56 Å². The second-order valence-electron chi connectivity index (χ2n) is 4.48. The molecule has 0 saturated heterocycles. The Kier molecular flexibility index (Phi) is 3.25. The highest BCUT2D eigenvalue weighted by Gasteiger charge is 2.04. The van der Waals surface area contributed by atoms with Crippen molar-refractivity contribution in [3.05, 3.63) is 71.9 Å². The van der Waals surface area contributed by atoms with E-state index < -0.39 is 0 Å². The number of aromatic nitrogens is 3. The van der Waals surface area contributed by atoms with Gasteiger partial charge in [-0.15, -0.1) is 5.10 Å². The van der Waals surface area contributed by atoms with Crippen molar-refractivity contribution in [2.75, 3.05) is 0 Å². The first-order valence-corrected chi connectivity index (χ1v) is 6.30. The van der Waals surface area contributed by atoms with Crippen LogP contribution in [0.25, 0.3) is 11.3 Å². The molecule has 0 atom stereocenters. The summed E-state index contributed by atoms with van der Waals surface area (Å²) in [5.41, 5.74) is 3.60. The molecule has 2 aromatic carbocycles. The molecular formula is C16H12N4. The SMILES string of the molecule is N#Cc1ccc(-c2cn(Cc3ccccc3)nn2)cc1.